The van der Waals surface area contributed by atoms with Gasteiger partial charge in [-0.05, 0) is 25.5 Å². The lowest BCUT2D eigenvalue weighted by Crippen LogP contribution is -2.50. The number of nitrogens with zero attached hydrogens (tertiary/aromatic N) is 2. The molecule has 1 fully saturated rings. The highest BCUT2D eigenvalue weighted by Crippen LogP contribution is 2.20. The number of amides is 2. The maximum absolute atomic E-state index is 12.0. The molecular weight excluding hydrogens is 284 g/mol. The molecule has 0 radical (unpaired) electrons. The molecule has 7 nitrogen and oxygen atoms in total. The van der Waals surface area contributed by atoms with E-state index in [2.05, 4.69) is 15.6 Å². The van der Waals surface area contributed by atoms with Crippen LogP contribution < -0.4 is 15.4 Å². The summed E-state index contributed by atoms with van der Waals surface area (Å²) in [4.78, 5) is 29.5. The Bertz CT molecular complexity index is 574. The van der Waals surface area contributed by atoms with Gasteiger partial charge in [0.25, 0.3) is 0 Å². The van der Waals surface area contributed by atoms with E-state index in [1.165, 1.54) is 0 Å². The molecule has 0 atom stereocenters. The molecule has 2 heterocycles. The Labute approximate surface area is 130 Å². The minimum Gasteiger partial charge on any atom is -0.481 e. The first-order valence-electron chi connectivity index (χ1n) is 7.26. The van der Waals surface area contributed by atoms with Crippen LogP contribution in [0.5, 0.6) is 5.88 Å². The van der Waals surface area contributed by atoms with Gasteiger partial charge in [0, 0.05) is 30.9 Å². The smallest absolute Gasteiger partial charge is 0.234 e. The van der Waals surface area contributed by atoms with Gasteiger partial charge in [-0.2, -0.15) is 0 Å². The number of nitrogens with one attached hydrogen (secondary N) is 2. The Balaban J connectivity index is 1.92. The first-order valence-corrected chi connectivity index (χ1v) is 7.26. The van der Waals surface area contributed by atoms with Crippen LogP contribution in [-0.4, -0.2) is 55.0 Å². The van der Waals surface area contributed by atoms with Crippen LogP contribution in [0.1, 0.15) is 16.8 Å². The van der Waals surface area contributed by atoms with Crippen molar-refractivity contribution < 1.29 is 14.3 Å². The van der Waals surface area contributed by atoms with Gasteiger partial charge in [-0.1, -0.05) is 0 Å². The van der Waals surface area contributed by atoms with Crippen molar-refractivity contribution in [3.63, 3.8) is 0 Å². The average molecular weight is 306 g/mol. The van der Waals surface area contributed by atoms with Gasteiger partial charge < -0.3 is 15.4 Å². The van der Waals surface area contributed by atoms with Crippen LogP contribution in [0.2, 0.25) is 0 Å². The van der Waals surface area contributed by atoms with Crippen LogP contribution in [0.15, 0.2) is 6.07 Å². The van der Waals surface area contributed by atoms with Crippen molar-refractivity contribution in [2.45, 2.75) is 20.4 Å². The number of piperazine rings is 1. The van der Waals surface area contributed by atoms with Crippen molar-refractivity contribution in [3.8, 4) is 5.88 Å². The fraction of sp³-hybridized carbons (Fsp3) is 0.533. The Morgan fingerprint density at radius 3 is 2.95 bits per heavy atom. The zero-order chi connectivity index (χ0) is 16.1. The third-order valence-electron chi connectivity index (χ3n) is 3.58. The fourth-order valence-corrected chi connectivity index (χ4v) is 2.49. The molecule has 1 aliphatic rings. The van der Waals surface area contributed by atoms with Crippen molar-refractivity contribution in [2.24, 2.45) is 0 Å². The summed E-state index contributed by atoms with van der Waals surface area (Å²) >= 11 is 0. The molecule has 0 spiro atoms. The third kappa shape index (κ3) is 4.17. The summed E-state index contributed by atoms with van der Waals surface area (Å²) in [6.45, 7) is 5.98. The second-order valence-electron chi connectivity index (χ2n) is 5.41. The highest BCUT2D eigenvalue weighted by atomic mass is 16.5. The second-order valence-corrected chi connectivity index (χ2v) is 5.41. The number of hydrogen-bond donors (Lipinski definition) is 2. The van der Waals surface area contributed by atoms with E-state index in [1.807, 2.05) is 24.8 Å². The van der Waals surface area contributed by atoms with Crippen LogP contribution in [-0.2, 0) is 16.1 Å². The molecule has 1 saturated heterocycles. The molecule has 0 aliphatic carbocycles. The third-order valence-corrected chi connectivity index (χ3v) is 3.58. The maximum Gasteiger partial charge on any atom is 0.234 e. The molecule has 0 aromatic carbocycles. The summed E-state index contributed by atoms with van der Waals surface area (Å²) < 4.78 is 5.28. The molecule has 0 unspecified atom stereocenters. The molecule has 1 aromatic heterocycles. The summed E-state index contributed by atoms with van der Waals surface area (Å²) in [6.07, 6.45) is 0. The van der Waals surface area contributed by atoms with Gasteiger partial charge in [-0.25, -0.2) is 4.98 Å². The van der Waals surface area contributed by atoms with Gasteiger partial charge >= 0.3 is 0 Å². The van der Waals surface area contributed by atoms with Crippen molar-refractivity contribution in [1.82, 2.24) is 20.5 Å². The number of carbonyl (C=O) groups is 2. The van der Waals surface area contributed by atoms with Crippen LogP contribution >= 0.6 is 0 Å². The summed E-state index contributed by atoms with van der Waals surface area (Å²) in [5.74, 6) is 0.381. The van der Waals surface area contributed by atoms with E-state index in [0.29, 0.717) is 25.5 Å². The predicted octanol–water partition coefficient (Wildman–Crippen LogP) is -0.245. The summed E-state index contributed by atoms with van der Waals surface area (Å²) in [5, 5.41) is 5.60. The zero-order valence-corrected chi connectivity index (χ0v) is 13.2. The van der Waals surface area contributed by atoms with Crippen LogP contribution in [0.4, 0.5) is 0 Å². The summed E-state index contributed by atoms with van der Waals surface area (Å²) in [5.41, 5.74) is 2.78. The average Bonchev–Trinajstić information content (AvgIpc) is 2.45. The molecule has 22 heavy (non-hydrogen) atoms. The van der Waals surface area contributed by atoms with E-state index in [9.17, 15) is 9.59 Å². The Morgan fingerprint density at radius 1 is 1.50 bits per heavy atom. The van der Waals surface area contributed by atoms with Gasteiger partial charge in [0.05, 0.1) is 20.2 Å². The number of aromatic nitrogens is 1. The van der Waals surface area contributed by atoms with Crippen LogP contribution in [0, 0.1) is 13.8 Å². The largest absolute Gasteiger partial charge is 0.481 e. The molecule has 7 heteroatoms. The van der Waals surface area contributed by atoms with Crippen molar-refractivity contribution in [3.05, 3.63) is 22.9 Å². The number of pyridine rings is 1. The normalized spacial score (nSPS) is 15.3. The SMILES string of the molecule is COc1nc(C)cc(C)c1CNC(=O)CN1CCNC(=O)C1. The van der Waals surface area contributed by atoms with E-state index in [-0.39, 0.29) is 24.9 Å². The minimum atomic E-state index is -0.114. The highest BCUT2D eigenvalue weighted by molar-refractivity contribution is 5.81. The summed E-state index contributed by atoms with van der Waals surface area (Å²) in [6, 6.07) is 1.96. The number of aryl methyl sites for hydroxylation is 2. The lowest BCUT2D eigenvalue weighted by molar-refractivity contribution is -0.127. The number of ether oxygens (including phenoxy) is 1. The molecule has 0 bridgehead atoms. The fourth-order valence-electron chi connectivity index (χ4n) is 2.49. The molecule has 2 amide bonds. The summed E-state index contributed by atoms with van der Waals surface area (Å²) in [7, 11) is 1.57. The van der Waals surface area contributed by atoms with Gasteiger partial charge in [0.15, 0.2) is 0 Å². The zero-order valence-electron chi connectivity index (χ0n) is 13.2. The Kier molecular flexibility index (Phi) is 5.32. The van der Waals surface area contributed by atoms with Crippen molar-refractivity contribution in [1.29, 1.82) is 0 Å². The van der Waals surface area contributed by atoms with Gasteiger partial charge in [-0.3, -0.25) is 14.5 Å². The van der Waals surface area contributed by atoms with Crippen LogP contribution in [0.3, 0.4) is 0 Å². The molecule has 2 rings (SSSR count). The van der Waals surface area contributed by atoms with E-state index in [4.69, 9.17) is 4.74 Å². The molecular formula is C15H22N4O3. The van der Waals surface area contributed by atoms with Gasteiger partial charge in [0.2, 0.25) is 17.7 Å². The first-order chi connectivity index (χ1) is 10.5. The monoisotopic (exact) mass is 306 g/mol. The highest BCUT2D eigenvalue weighted by Gasteiger charge is 2.19. The van der Waals surface area contributed by atoms with Crippen molar-refractivity contribution >= 4 is 11.8 Å². The van der Waals surface area contributed by atoms with Gasteiger partial charge in [-0.15, -0.1) is 0 Å². The van der Waals surface area contributed by atoms with Crippen molar-refractivity contribution in [2.75, 3.05) is 33.3 Å². The predicted molar refractivity (Wildman–Crippen MR) is 81.6 cm³/mol. The quantitative estimate of drug-likeness (QED) is 0.784. The molecule has 120 valence electrons. The molecule has 0 saturated carbocycles. The molecule has 2 N–H and O–H groups in total. The van der Waals surface area contributed by atoms with E-state index >= 15 is 0 Å². The van der Waals surface area contributed by atoms with E-state index < -0.39 is 0 Å². The molecule has 1 aliphatic heterocycles. The number of carbonyl (C=O) groups excluding carboxylic acids is 2. The van der Waals surface area contributed by atoms with Gasteiger partial charge in [0.1, 0.15) is 0 Å². The second kappa shape index (κ2) is 7.22. The lowest BCUT2D eigenvalue weighted by Gasteiger charge is -2.25. The molecule has 1 aromatic rings. The number of rotatable bonds is 5. The number of hydrogen-bond acceptors (Lipinski definition) is 5. The Morgan fingerprint density at radius 2 is 2.27 bits per heavy atom. The number of methoxy groups -OCH3 is 1. The van der Waals surface area contributed by atoms with Crippen LogP contribution in [0.25, 0.3) is 0 Å². The van der Waals surface area contributed by atoms with E-state index in [1.54, 1.807) is 7.11 Å². The lowest BCUT2D eigenvalue weighted by atomic mass is 10.1. The maximum atomic E-state index is 12.0. The Hall–Kier alpha value is -2.15. The first kappa shape index (κ1) is 16.2. The minimum absolute atomic E-state index is 0.0423. The standard InChI is InChI=1S/C15H22N4O3/c1-10-6-11(2)18-15(22-3)12(10)7-17-14(21)9-19-5-4-16-13(20)8-19/h6H,4-5,7-9H2,1-3H3,(H,16,20)(H,17,21). The topological polar surface area (TPSA) is 83.6 Å². The van der Waals surface area contributed by atoms with E-state index in [0.717, 1.165) is 16.8 Å².